The van der Waals surface area contributed by atoms with Crippen molar-refractivity contribution in [3.63, 3.8) is 0 Å². The first-order chi connectivity index (χ1) is 18.2. The average Bonchev–Trinajstić information content (AvgIpc) is 3.29. The lowest BCUT2D eigenvalue weighted by Crippen LogP contribution is -2.33. The quantitative estimate of drug-likeness (QED) is 0.249. The number of nitrogens with zero attached hydrogens (tertiary/aromatic N) is 2. The molecule has 1 amide bonds. The van der Waals surface area contributed by atoms with Crippen LogP contribution in [0.5, 0.6) is 5.75 Å². The van der Waals surface area contributed by atoms with E-state index in [0.717, 1.165) is 29.5 Å². The van der Waals surface area contributed by atoms with Crippen LogP contribution < -0.4 is 9.46 Å². The Morgan fingerprint density at radius 1 is 0.947 bits per heavy atom. The van der Waals surface area contributed by atoms with E-state index in [2.05, 4.69) is 41.3 Å². The number of aromatic nitrogens is 1. The Labute approximate surface area is 225 Å². The first-order valence-electron chi connectivity index (χ1n) is 13.0. The van der Waals surface area contributed by atoms with Crippen molar-refractivity contribution < 1.29 is 17.9 Å². The molecule has 0 spiro atoms. The van der Waals surface area contributed by atoms with Gasteiger partial charge in [-0.3, -0.25) is 4.72 Å². The van der Waals surface area contributed by atoms with Crippen LogP contribution in [0.15, 0.2) is 77.8 Å². The first kappa shape index (κ1) is 27.3. The van der Waals surface area contributed by atoms with Crippen LogP contribution in [0.3, 0.4) is 0 Å². The Bertz CT molecular complexity index is 1520. The van der Waals surface area contributed by atoms with E-state index in [0.29, 0.717) is 25.0 Å². The third kappa shape index (κ3) is 6.02. The molecule has 0 unspecified atom stereocenters. The van der Waals surface area contributed by atoms with Gasteiger partial charge in [0.15, 0.2) is 5.75 Å². The molecule has 0 aliphatic rings. The van der Waals surface area contributed by atoms with E-state index in [9.17, 15) is 13.2 Å². The molecular weight excluding hydrogens is 498 g/mol. The molecule has 3 aromatic carbocycles. The molecule has 0 atom stereocenters. The summed E-state index contributed by atoms with van der Waals surface area (Å²) < 4.78 is 37.4. The fraction of sp³-hybridized carbons (Fsp3) is 0.300. The van der Waals surface area contributed by atoms with E-state index in [4.69, 9.17) is 4.74 Å². The maximum atomic E-state index is 13.5. The first-order valence-corrected chi connectivity index (χ1v) is 14.5. The highest BCUT2D eigenvalue weighted by atomic mass is 32.2. The summed E-state index contributed by atoms with van der Waals surface area (Å²) >= 11 is 0. The molecule has 38 heavy (non-hydrogen) atoms. The Balaban J connectivity index is 1.76. The van der Waals surface area contributed by atoms with Crippen LogP contribution in [0, 0.1) is 6.92 Å². The van der Waals surface area contributed by atoms with E-state index < -0.39 is 16.1 Å². The van der Waals surface area contributed by atoms with Crippen molar-refractivity contribution in [3.05, 3.63) is 89.6 Å². The zero-order valence-corrected chi connectivity index (χ0v) is 23.2. The molecule has 0 bridgehead atoms. The van der Waals surface area contributed by atoms with Crippen molar-refractivity contribution in [2.24, 2.45) is 0 Å². The molecule has 1 aromatic heterocycles. The molecule has 0 fully saturated rings. The van der Waals surface area contributed by atoms with Gasteiger partial charge in [-0.15, -0.1) is 0 Å². The number of rotatable bonds is 10. The van der Waals surface area contributed by atoms with Gasteiger partial charge in [-0.25, -0.2) is 13.2 Å². The number of nitrogens with one attached hydrogen (secondary N) is 1. The smallest absolute Gasteiger partial charge is 0.408 e. The van der Waals surface area contributed by atoms with Crippen LogP contribution in [0.2, 0.25) is 0 Å². The van der Waals surface area contributed by atoms with Gasteiger partial charge in [0.25, 0.3) is 10.0 Å². The number of benzene rings is 3. The van der Waals surface area contributed by atoms with Crippen molar-refractivity contribution in [2.45, 2.75) is 52.0 Å². The molecule has 7 nitrogen and oxygen atoms in total. The molecule has 0 radical (unpaired) electrons. The van der Waals surface area contributed by atoms with Crippen LogP contribution in [0.25, 0.3) is 10.9 Å². The van der Waals surface area contributed by atoms with Crippen molar-refractivity contribution in [3.8, 4) is 5.75 Å². The predicted molar refractivity (Wildman–Crippen MR) is 152 cm³/mol. The normalized spacial score (nSPS) is 11.5. The Hall–Kier alpha value is -3.78. The molecule has 1 heterocycles. The van der Waals surface area contributed by atoms with E-state index in [1.165, 1.54) is 10.5 Å². The van der Waals surface area contributed by atoms with Gasteiger partial charge in [-0.1, -0.05) is 55.3 Å². The molecule has 0 aliphatic carbocycles. The zero-order chi connectivity index (χ0) is 27.3. The summed E-state index contributed by atoms with van der Waals surface area (Å²) in [5.41, 5.74) is 4.45. The molecule has 1 N–H and O–H groups in total. The van der Waals surface area contributed by atoms with E-state index in [1.54, 1.807) is 18.2 Å². The van der Waals surface area contributed by atoms with Gasteiger partial charge in [0.2, 0.25) is 0 Å². The predicted octanol–water partition coefficient (Wildman–Crippen LogP) is 6.59. The SMILES string of the molecule is CCCc1ccc(S(=O)(=O)Nc2c(OC(=O)N(CC)CC)ccc3c2ccn3Cc2cccc(C)c2)cc1. The van der Waals surface area contributed by atoms with Crippen LogP contribution in [-0.4, -0.2) is 37.1 Å². The van der Waals surface area contributed by atoms with Crippen molar-refractivity contribution in [2.75, 3.05) is 17.8 Å². The maximum absolute atomic E-state index is 13.5. The molecule has 4 rings (SSSR count). The second-order valence-electron chi connectivity index (χ2n) is 9.34. The van der Waals surface area contributed by atoms with Crippen LogP contribution in [-0.2, 0) is 23.0 Å². The monoisotopic (exact) mass is 533 g/mol. The lowest BCUT2D eigenvalue weighted by Gasteiger charge is -2.20. The van der Waals surface area contributed by atoms with E-state index in [-0.39, 0.29) is 16.3 Å². The number of anilines is 1. The standard InChI is InChI=1S/C30H35N3O4S/c1-5-9-23-12-14-25(15-13-23)38(35,36)31-29-26-18-19-33(21-24-11-8-10-22(4)20-24)27(26)16-17-28(29)37-30(34)32(6-2)7-3/h8,10-20,31H,5-7,9,21H2,1-4H3. The van der Waals surface area contributed by atoms with Gasteiger partial charge in [0.1, 0.15) is 5.69 Å². The molecular formula is C30H35N3O4S. The van der Waals surface area contributed by atoms with Gasteiger partial charge < -0.3 is 14.2 Å². The second kappa shape index (κ2) is 11.7. The molecule has 0 aliphatic heterocycles. The lowest BCUT2D eigenvalue weighted by molar-refractivity contribution is 0.157. The largest absolute Gasteiger partial charge is 0.415 e. The molecule has 200 valence electrons. The molecule has 4 aromatic rings. The van der Waals surface area contributed by atoms with Gasteiger partial charge in [-0.2, -0.15) is 0 Å². The van der Waals surface area contributed by atoms with Gasteiger partial charge >= 0.3 is 6.09 Å². The van der Waals surface area contributed by atoms with E-state index >= 15 is 0 Å². The number of ether oxygens (including phenoxy) is 1. The highest BCUT2D eigenvalue weighted by Crippen LogP contribution is 2.36. The summed E-state index contributed by atoms with van der Waals surface area (Å²) in [4.78, 5) is 14.5. The van der Waals surface area contributed by atoms with Crippen molar-refractivity contribution in [1.29, 1.82) is 0 Å². The molecule has 8 heteroatoms. The van der Waals surface area contributed by atoms with Crippen LogP contribution >= 0.6 is 0 Å². The number of sulfonamides is 1. The van der Waals surface area contributed by atoms with Crippen molar-refractivity contribution in [1.82, 2.24) is 9.47 Å². The number of fused-ring (bicyclic) bond motifs is 1. The number of aryl methyl sites for hydroxylation is 2. The third-order valence-electron chi connectivity index (χ3n) is 6.58. The second-order valence-corrected chi connectivity index (χ2v) is 11.0. The summed E-state index contributed by atoms with van der Waals surface area (Å²) in [6.45, 7) is 9.45. The number of carbonyl (C=O) groups is 1. The fourth-order valence-electron chi connectivity index (χ4n) is 4.55. The number of amides is 1. The van der Waals surface area contributed by atoms with Gasteiger partial charge in [0, 0.05) is 31.2 Å². The molecule has 0 saturated heterocycles. The highest BCUT2D eigenvalue weighted by Gasteiger charge is 2.23. The minimum absolute atomic E-state index is 0.148. The summed E-state index contributed by atoms with van der Waals surface area (Å²) in [7, 11) is -3.95. The van der Waals surface area contributed by atoms with Crippen molar-refractivity contribution >= 4 is 32.7 Å². The topological polar surface area (TPSA) is 80.6 Å². The number of carbonyl (C=O) groups excluding carboxylic acids is 1. The average molecular weight is 534 g/mol. The Morgan fingerprint density at radius 2 is 1.68 bits per heavy atom. The van der Waals surface area contributed by atoms with Gasteiger partial charge in [0.05, 0.1) is 10.4 Å². The van der Waals surface area contributed by atoms with Crippen LogP contribution in [0.4, 0.5) is 10.5 Å². The minimum Gasteiger partial charge on any atom is -0.408 e. The Morgan fingerprint density at radius 3 is 2.34 bits per heavy atom. The van der Waals surface area contributed by atoms with Crippen LogP contribution in [0.1, 0.15) is 43.9 Å². The third-order valence-corrected chi connectivity index (χ3v) is 7.94. The Kier molecular flexibility index (Phi) is 8.42. The van der Waals surface area contributed by atoms with E-state index in [1.807, 2.05) is 50.4 Å². The summed E-state index contributed by atoms with van der Waals surface area (Å²) in [6, 6.07) is 20.5. The summed E-state index contributed by atoms with van der Waals surface area (Å²) in [6.07, 6.45) is 3.25. The number of hydrogen-bond donors (Lipinski definition) is 1. The lowest BCUT2D eigenvalue weighted by atomic mass is 10.1. The highest BCUT2D eigenvalue weighted by molar-refractivity contribution is 7.92. The minimum atomic E-state index is -3.95. The fourth-order valence-corrected chi connectivity index (χ4v) is 5.64. The number of hydrogen-bond acceptors (Lipinski definition) is 4. The summed E-state index contributed by atoms with van der Waals surface area (Å²) in [5.74, 6) is 0.161. The maximum Gasteiger partial charge on any atom is 0.415 e. The summed E-state index contributed by atoms with van der Waals surface area (Å²) in [5, 5.41) is 0.647. The zero-order valence-electron chi connectivity index (χ0n) is 22.4. The molecule has 0 saturated carbocycles. The van der Waals surface area contributed by atoms with Gasteiger partial charge in [-0.05, 0) is 68.7 Å².